The van der Waals surface area contributed by atoms with E-state index in [1.165, 1.54) is 30.2 Å². The van der Waals surface area contributed by atoms with Crippen molar-refractivity contribution in [1.29, 1.82) is 0 Å². The van der Waals surface area contributed by atoms with Crippen molar-refractivity contribution in [2.75, 3.05) is 6.54 Å². The van der Waals surface area contributed by atoms with Crippen molar-refractivity contribution in [2.24, 2.45) is 16.8 Å². The van der Waals surface area contributed by atoms with Crippen molar-refractivity contribution < 1.29 is 13.9 Å². The number of fused-ring (bicyclic) bond motifs is 1. The fourth-order valence-electron chi connectivity index (χ4n) is 8.24. The van der Waals surface area contributed by atoms with Crippen molar-refractivity contribution >= 4 is 34.8 Å². The van der Waals surface area contributed by atoms with Crippen LogP contribution >= 0.6 is 23.4 Å². The van der Waals surface area contributed by atoms with Gasteiger partial charge in [0.1, 0.15) is 23.9 Å². The predicted octanol–water partition coefficient (Wildman–Crippen LogP) is 11.0. The lowest BCUT2D eigenvalue weighted by Crippen LogP contribution is -2.38. The van der Waals surface area contributed by atoms with Crippen LogP contribution < -0.4 is 0 Å². The second-order valence-electron chi connectivity index (χ2n) is 14.7. The summed E-state index contributed by atoms with van der Waals surface area (Å²) in [7, 11) is 0. The van der Waals surface area contributed by atoms with Gasteiger partial charge in [0.2, 0.25) is 0 Å². The Balaban J connectivity index is 1.19. The number of alkyl halides is 1. The number of hydrogen-bond acceptors (Lipinski definition) is 5. The number of amidine groups is 1. The van der Waals surface area contributed by atoms with Crippen LogP contribution in [0.3, 0.4) is 0 Å². The summed E-state index contributed by atoms with van der Waals surface area (Å²) in [6, 6.07) is 18.6. The summed E-state index contributed by atoms with van der Waals surface area (Å²) < 4.78 is 28.9. The van der Waals surface area contributed by atoms with Crippen molar-refractivity contribution in [3.05, 3.63) is 129 Å². The number of aryl methyl sites for hydroxylation is 1. The molecule has 1 saturated carbocycles. The van der Waals surface area contributed by atoms with E-state index in [4.69, 9.17) is 21.6 Å². The van der Waals surface area contributed by atoms with Gasteiger partial charge in [-0.2, -0.15) is 0 Å². The topological polar surface area (TPSA) is 48.7 Å². The van der Waals surface area contributed by atoms with E-state index in [-0.39, 0.29) is 11.2 Å². The summed E-state index contributed by atoms with van der Waals surface area (Å²) >= 11 is 8.52. The summed E-state index contributed by atoms with van der Waals surface area (Å²) in [4.78, 5) is 12.6. The second kappa shape index (κ2) is 14.8. The molecule has 0 radical (unpaired) electrons. The molecule has 1 aliphatic carbocycles. The Morgan fingerprint density at radius 1 is 1.14 bits per heavy atom. The number of aliphatic hydroxyl groups is 1. The molecule has 1 saturated heterocycles. The first-order chi connectivity index (χ1) is 24.1. The maximum Gasteiger partial charge on any atom is 0.139 e. The molecule has 0 bridgehead atoms. The predicted molar refractivity (Wildman–Crippen MR) is 202 cm³/mol. The van der Waals surface area contributed by atoms with Crippen LogP contribution in [-0.4, -0.2) is 38.2 Å². The Hall–Kier alpha value is -3.26. The Morgan fingerprint density at radius 3 is 2.60 bits per heavy atom. The molecule has 3 unspecified atom stereocenters. The zero-order chi connectivity index (χ0) is 35.0. The maximum absolute atomic E-state index is 14.6. The molecule has 3 aromatic rings. The van der Waals surface area contributed by atoms with Crippen molar-refractivity contribution in [3.8, 4) is 0 Å². The summed E-state index contributed by atoms with van der Waals surface area (Å²) in [5.41, 5.74) is 5.98. The van der Waals surface area contributed by atoms with Crippen LogP contribution in [0.4, 0.5) is 8.78 Å². The van der Waals surface area contributed by atoms with Gasteiger partial charge in [-0.15, -0.1) is 18.3 Å². The Labute approximate surface area is 304 Å². The van der Waals surface area contributed by atoms with Gasteiger partial charge in [-0.25, -0.2) is 13.8 Å². The van der Waals surface area contributed by atoms with Crippen LogP contribution in [0.15, 0.2) is 95.5 Å². The molecule has 262 valence electrons. The molecule has 2 aromatic carbocycles. The Kier molecular flexibility index (Phi) is 10.4. The Bertz CT molecular complexity index is 1800. The monoisotopic (exact) mass is 713 g/mol. The highest BCUT2D eigenvalue weighted by atomic mass is 35.5. The van der Waals surface area contributed by atoms with E-state index in [2.05, 4.69) is 53.3 Å². The maximum atomic E-state index is 14.6. The van der Waals surface area contributed by atoms with Gasteiger partial charge in [-0.1, -0.05) is 60.2 Å². The number of halogens is 3. The molecule has 0 spiro atoms. The van der Waals surface area contributed by atoms with Crippen molar-refractivity contribution in [2.45, 2.75) is 94.2 Å². The van der Waals surface area contributed by atoms with E-state index in [1.807, 2.05) is 19.1 Å². The number of nitrogens with zero attached hydrogens (tertiary/aromatic N) is 3. The third-order valence-electron chi connectivity index (χ3n) is 11.2. The van der Waals surface area contributed by atoms with E-state index in [0.717, 1.165) is 80.6 Å². The number of allylic oxidation sites excluding steroid dienone is 3. The SMILES string of the molecule is C=CC(CCc1ccc([C@H]2CC[C@@](C)(O)CC2)cc1)[C@H]1CC2=C(c3cccc(C(C)F)n3)[C@H](c3ccc(F)cc3Cl)N=C(C3CC=CS3)N2C1. The largest absolute Gasteiger partial charge is 0.390 e. The average Bonchev–Trinajstić information content (AvgIpc) is 3.80. The van der Waals surface area contributed by atoms with Gasteiger partial charge in [0, 0.05) is 28.4 Å². The van der Waals surface area contributed by atoms with Gasteiger partial charge in [0.15, 0.2) is 0 Å². The lowest BCUT2D eigenvalue weighted by molar-refractivity contribution is 0.0172. The summed E-state index contributed by atoms with van der Waals surface area (Å²) in [5.74, 6) is 1.68. The molecule has 1 aromatic heterocycles. The van der Waals surface area contributed by atoms with Crippen LogP contribution in [0.1, 0.15) is 105 Å². The molecule has 2 fully saturated rings. The molecular formula is C42H46ClF2N3OS. The first-order valence-electron chi connectivity index (χ1n) is 18.0. The number of rotatable bonds is 10. The van der Waals surface area contributed by atoms with Gasteiger partial charge in [-0.05, 0) is 124 Å². The van der Waals surface area contributed by atoms with E-state index in [9.17, 15) is 13.9 Å². The van der Waals surface area contributed by atoms with E-state index in [1.54, 1.807) is 23.9 Å². The fraction of sp³-hybridized carbons (Fsp3) is 0.429. The number of hydrogen-bond donors (Lipinski definition) is 1. The van der Waals surface area contributed by atoms with Crippen molar-refractivity contribution in [3.63, 3.8) is 0 Å². The standard InChI is InChI=1S/C42H46ClF2N3OS/c1-4-28(13-10-27-11-14-29(15-12-27)30-18-20-42(3,49)21-19-30)31-23-37-39(36-8-5-7-35(46-36)26(2)44)40(33-17-16-32(45)24-34(33)43)47-41(48(37)25-31)38-9-6-22-50-38/h4-8,11-12,14-17,22,24,26,28,30-31,38,40,49H,1,9-10,13,18-21,23,25H2,2-3H3/t26?,28?,30-,31-,38?,40-,42+/m0/s1. The molecule has 4 heterocycles. The molecule has 3 aliphatic heterocycles. The highest BCUT2D eigenvalue weighted by Gasteiger charge is 2.43. The molecule has 50 heavy (non-hydrogen) atoms. The molecule has 0 amide bonds. The molecular weight excluding hydrogens is 668 g/mol. The number of pyridine rings is 1. The zero-order valence-electron chi connectivity index (χ0n) is 28.9. The first-order valence-corrected chi connectivity index (χ1v) is 19.3. The van der Waals surface area contributed by atoms with Gasteiger partial charge in [0.05, 0.1) is 22.2 Å². The first kappa shape index (κ1) is 35.2. The molecule has 7 rings (SSSR count). The normalized spacial score (nSPS) is 27.6. The van der Waals surface area contributed by atoms with Gasteiger partial charge >= 0.3 is 0 Å². The van der Waals surface area contributed by atoms with Crippen molar-refractivity contribution in [1.82, 2.24) is 9.88 Å². The average molecular weight is 714 g/mol. The van der Waals surface area contributed by atoms with Gasteiger partial charge in [-0.3, -0.25) is 4.99 Å². The van der Waals surface area contributed by atoms with Gasteiger partial charge in [0.25, 0.3) is 0 Å². The van der Waals surface area contributed by atoms with Crippen LogP contribution in [0.25, 0.3) is 5.57 Å². The van der Waals surface area contributed by atoms with Crippen LogP contribution in [0, 0.1) is 17.7 Å². The minimum absolute atomic E-state index is 0.160. The fourth-order valence-corrected chi connectivity index (χ4v) is 9.46. The number of thioether (sulfide) groups is 1. The summed E-state index contributed by atoms with van der Waals surface area (Å²) in [6.07, 6.45) is 10.5. The lowest BCUT2D eigenvalue weighted by Gasteiger charge is -2.35. The summed E-state index contributed by atoms with van der Waals surface area (Å²) in [5, 5.41) is 13.0. The zero-order valence-corrected chi connectivity index (χ0v) is 30.4. The van der Waals surface area contributed by atoms with Crippen LogP contribution in [0.5, 0.6) is 0 Å². The smallest absolute Gasteiger partial charge is 0.139 e. The van der Waals surface area contributed by atoms with E-state index in [0.29, 0.717) is 28.2 Å². The molecule has 4 nitrogen and oxygen atoms in total. The molecule has 8 heteroatoms. The molecule has 1 N–H and O–H groups in total. The molecule has 4 aliphatic rings. The van der Waals surface area contributed by atoms with Gasteiger partial charge < -0.3 is 10.0 Å². The minimum atomic E-state index is -1.22. The second-order valence-corrected chi connectivity index (χ2v) is 16.3. The highest BCUT2D eigenvalue weighted by Crippen LogP contribution is 2.49. The molecule has 5 atom stereocenters. The number of aromatic nitrogens is 1. The Morgan fingerprint density at radius 2 is 1.92 bits per heavy atom. The number of aliphatic imine (C=N–C) groups is 1. The summed E-state index contributed by atoms with van der Waals surface area (Å²) in [6.45, 7) is 8.56. The third kappa shape index (κ3) is 7.37. The highest BCUT2D eigenvalue weighted by molar-refractivity contribution is 8.03. The van der Waals surface area contributed by atoms with E-state index >= 15 is 0 Å². The van der Waals surface area contributed by atoms with Crippen LogP contribution in [0.2, 0.25) is 5.02 Å². The number of benzene rings is 2. The quantitative estimate of drug-likeness (QED) is 0.213. The lowest BCUT2D eigenvalue weighted by atomic mass is 9.77. The van der Waals surface area contributed by atoms with E-state index < -0.39 is 23.6 Å². The third-order valence-corrected chi connectivity index (χ3v) is 12.6. The van der Waals surface area contributed by atoms with Crippen LogP contribution in [-0.2, 0) is 6.42 Å². The minimum Gasteiger partial charge on any atom is -0.390 e.